The Labute approximate surface area is 47.1 Å². The zero-order valence-electron chi connectivity index (χ0n) is 4.53. The molecule has 1 aliphatic heterocycles. The summed E-state index contributed by atoms with van der Waals surface area (Å²) in [6, 6.07) is 0.0928. The third-order valence-electron chi connectivity index (χ3n) is 0.888. The summed E-state index contributed by atoms with van der Waals surface area (Å²) in [7, 11) is 0. The minimum atomic E-state index is 0.0928. The van der Waals surface area contributed by atoms with E-state index in [9.17, 15) is 4.79 Å². The molecule has 0 aromatic carbocycles. The smallest absolute Gasteiger partial charge is 0.170 e. The molecular weight excluding hydrogens is 104 g/mol. The molecule has 0 saturated carbocycles. The number of nitrogens with zero attached hydrogens (tertiary/aromatic N) is 2. The van der Waals surface area contributed by atoms with Crippen molar-refractivity contribution < 1.29 is 4.79 Å². The van der Waals surface area contributed by atoms with Crippen LogP contribution in [0.25, 0.3) is 0 Å². The van der Waals surface area contributed by atoms with Crippen molar-refractivity contribution in [3.8, 4) is 0 Å². The van der Waals surface area contributed by atoms with Crippen molar-refractivity contribution in [2.24, 2.45) is 10.2 Å². The molecule has 1 aliphatic rings. The summed E-state index contributed by atoms with van der Waals surface area (Å²) in [5.74, 6) is 0. The van der Waals surface area contributed by atoms with Gasteiger partial charge in [0.05, 0.1) is 6.04 Å². The Kier molecular flexibility index (Phi) is 1.20. The van der Waals surface area contributed by atoms with Crippen molar-refractivity contribution >= 4 is 6.29 Å². The highest BCUT2D eigenvalue weighted by Crippen LogP contribution is 2.08. The molecule has 3 heteroatoms. The zero-order valence-corrected chi connectivity index (χ0v) is 4.53. The molecule has 8 heavy (non-hydrogen) atoms. The molecule has 1 heterocycles. The highest BCUT2D eigenvalue weighted by atomic mass is 16.1. The molecule has 0 bridgehead atoms. The number of azo groups is 1. The summed E-state index contributed by atoms with van der Waals surface area (Å²) in [5, 5.41) is 7.24. The van der Waals surface area contributed by atoms with Crippen molar-refractivity contribution in [1.29, 1.82) is 0 Å². The zero-order chi connectivity index (χ0) is 5.98. The summed E-state index contributed by atoms with van der Waals surface area (Å²) in [5.41, 5.74) is 0.442. The van der Waals surface area contributed by atoms with Crippen LogP contribution < -0.4 is 0 Å². The van der Waals surface area contributed by atoms with Crippen molar-refractivity contribution in [2.45, 2.75) is 13.0 Å². The lowest BCUT2D eigenvalue weighted by Gasteiger charge is -1.81. The lowest BCUT2D eigenvalue weighted by molar-refractivity contribution is -0.104. The van der Waals surface area contributed by atoms with Crippen molar-refractivity contribution in [3.05, 3.63) is 11.8 Å². The van der Waals surface area contributed by atoms with Gasteiger partial charge in [-0.1, -0.05) is 0 Å². The molecule has 3 nitrogen and oxygen atoms in total. The van der Waals surface area contributed by atoms with Crippen molar-refractivity contribution in [3.63, 3.8) is 0 Å². The van der Waals surface area contributed by atoms with E-state index in [4.69, 9.17) is 0 Å². The van der Waals surface area contributed by atoms with Gasteiger partial charge in [0.2, 0.25) is 0 Å². The second kappa shape index (κ2) is 1.86. The molecule has 1 rings (SSSR count). The van der Waals surface area contributed by atoms with Crippen LogP contribution in [0.3, 0.4) is 0 Å². The fourth-order valence-corrected chi connectivity index (χ4v) is 0.534. The Morgan fingerprint density at radius 3 is 2.88 bits per heavy atom. The maximum absolute atomic E-state index is 9.93. The van der Waals surface area contributed by atoms with E-state index in [1.54, 1.807) is 6.08 Å². The van der Waals surface area contributed by atoms with E-state index in [1.807, 2.05) is 6.92 Å². The van der Waals surface area contributed by atoms with E-state index < -0.39 is 0 Å². The molecule has 42 valence electrons. The summed E-state index contributed by atoms with van der Waals surface area (Å²) in [4.78, 5) is 9.93. The Balaban J connectivity index is 2.72. The molecule has 0 aromatic rings. The first-order chi connectivity index (χ1) is 3.83. The maximum Gasteiger partial charge on any atom is 0.170 e. The van der Waals surface area contributed by atoms with Crippen molar-refractivity contribution in [1.82, 2.24) is 0 Å². The van der Waals surface area contributed by atoms with Gasteiger partial charge < -0.3 is 0 Å². The second-order valence-electron chi connectivity index (χ2n) is 1.67. The average Bonchev–Trinajstić information content (AvgIpc) is 2.14. The van der Waals surface area contributed by atoms with Gasteiger partial charge in [-0.25, -0.2) is 0 Å². The fraction of sp³-hybridized carbons (Fsp3) is 0.400. The SMILES string of the molecule is CC1C=C(C=O)N=N1. The number of hydrogen-bond acceptors (Lipinski definition) is 3. The Hall–Kier alpha value is -0.990. The van der Waals surface area contributed by atoms with Crippen LogP contribution in [0.5, 0.6) is 0 Å². The number of carbonyl (C=O) groups excluding carboxylic acids is 1. The van der Waals surface area contributed by atoms with Gasteiger partial charge >= 0.3 is 0 Å². The van der Waals surface area contributed by atoms with Crippen LogP contribution in [0.15, 0.2) is 22.0 Å². The Bertz CT molecular complexity index is 160. The molecule has 0 N–H and O–H groups in total. The van der Waals surface area contributed by atoms with Gasteiger partial charge in [0.15, 0.2) is 6.29 Å². The number of carbonyl (C=O) groups is 1. The number of aldehydes is 1. The minimum absolute atomic E-state index is 0.0928. The van der Waals surface area contributed by atoms with E-state index in [2.05, 4.69) is 10.2 Å². The van der Waals surface area contributed by atoms with E-state index in [0.717, 1.165) is 0 Å². The number of rotatable bonds is 1. The van der Waals surface area contributed by atoms with Crippen LogP contribution in [0.2, 0.25) is 0 Å². The lowest BCUT2D eigenvalue weighted by Crippen LogP contribution is -1.84. The van der Waals surface area contributed by atoms with Crippen LogP contribution >= 0.6 is 0 Å². The van der Waals surface area contributed by atoms with Crippen LogP contribution in [-0.2, 0) is 4.79 Å². The summed E-state index contributed by atoms with van der Waals surface area (Å²) in [6.45, 7) is 1.88. The van der Waals surface area contributed by atoms with E-state index in [-0.39, 0.29) is 6.04 Å². The van der Waals surface area contributed by atoms with Crippen LogP contribution in [0.1, 0.15) is 6.92 Å². The first kappa shape index (κ1) is 5.15. The van der Waals surface area contributed by atoms with Gasteiger partial charge in [-0.15, -0.1) is 0 Å². The first-order valence-electron chi connectivity index (χ1n) is 2.41. The van der Waals surface area contributed by atoms with E-state index >= 15 is 0 Å². The van der Waals surface area contributed by atoms with Crippen LogP contribution in [0.4, 0.5) is 0 Å². The molecule has 1 unspecified atom stereocenters. The van der Waals surface area contributed by atoms with Crippen LogP contribution in [0, 0.1) is 0 Å². The monoisotopic (exact) mass is 110 g/mol. The van der Waals surface area contributed by atoms with E-state index in [1.165, 1.54) is 0 Å². The average molecular weight is 110 g/mol. The van der Waals surface area contributed by atoms with E-state index in [0.29, 0.717) is 12.0 Å². The van der Waals surface area contributed by atoms with Gasteiger partial charge in [-0.2, -0.15) is 10.2 Å². The van der Waals surface area contributed by atoms with Gasteiger partial charge in [-0.05, 0) is 13.0 Å². The molecule has 0 aromatic heterocycles. The standard InChI is InChI=1S/C5H6N2O/c1-4-2-5(3-8)7-6-4/h2-4H,1H3. The quantitative estimate of drug-likeness (QED) is 0.463. The molecule has 0 fully saturated rings. The highest BCUT2D eigenvalue weighted by Gasteiger charge is 2.04. The third-order valence-corrected chi connectivity index (χ3v) is 0.888. The fourth-order valence-electron chi connectivity index (χ4n) is 0.534. The largest absolute Gasteiger partial charge is 0.296 e. The normalized spacial score (nSPS) is 25.6. The van der Waals surface area contributed by atoms with Gasteiger partial charge in [0.1, 0.15) is 5.70 Å². The molecule has 0 radical (unpaired) electrons. The van der Waals surface area contributed by atoms with Crippen molar-refractivity contribution in [2.75, 3.05) is 0 Å². The lowest BCUT2D eigenvalue weighted by atomic mass is 10.3. The van der Waals surface area contributed by atoms with Gasteiger partial charge in [0, 0.05) is 0 Å². The molecule has 0 spiro atoms. The van der Waals surface area contributed by atoms with Crippen LogP contribution in [-0.4, -0.2) is 12.3 Å². The maximum atomic E-state index is 9.93. The summed E-state index contributed by atoms with van der Waals surface area (Å²) >= 11 is 0. The molecule has 1 atom stereocenters. The number of allylic oxidation sites excluding steroid dienone is 1. The second-order valence-corrected chi connectivity index (χ2v) is 1.67. The predicted octanol–water partition coefficient (Wildman–Crippen LogP) is 0.923. The predicted molar refractivity (Wildman–Crippen MR) is 28.5 cm³/mol. The highest BCUT2D eigenvalue weighted by molar-refractivity contribution is 5.73. The van der Waals surface area contributed by atoms with Gasteiger partial charge in [-0.3, -0.25) is 4.79 Å². The number of hydrogen-bond donors (Lipinski definition) is 0. The molecule has 0 saturated heterocycles. The summed E-state index contributed by atoms with van der Waals surface area (Å²) in [6.07, 6.45) is 2.42. The molecular formula is C5H6N2O. The molecule has 0 aliphatic carbocycles. The first-order valence-corrected chi connectivity index (χ1v) is 2.41. The van der Waals surface area contributed by atoms with Gasteiger partial charge in [0.25, 0.3) is 0 Å². The molecule has 0 amide bonds. The Morgan fingerprint density at radius 2 is 2.62 bits per heavy atom. The minimum Gasteiger partial charge on any atom is -0.296 e. The topological polar surface area (TPSA) is 41.8 Å². The summed E-state index contributed by atoms with van der Waals surface area (Å²) < 4.78 is 0. The third kappa shape index (κ3) is 0.804. The Morgan fingerprint density at radius 1 is 1.88 bits per heavy atom.